The Morgan fingerprint density at radius 1 is 1.29 bits per heavy atom. The maximum absolute atomic E-state index is 5.80. The third-order valence-electron chi connectivity index (χ3n) is 4.72. The van der Waals surface area contributed by atoms with E-state index in [1.807, 2.05) is 0 Å². The van der Waals surface area contributed by atoms with Crippen LogP contribution in [0.5, 0.6) is 0 Å². The topological polar surface area (TPSA) is 24.5 Å². The lowest BCUT2D eigenvalue weighted by molar-refractivity contribution is 0.0696. The van der Waals surface area contributed by atoms with Crippen molar-refractivity contribution >= 4 is 0 Å². The molecule has 0 aromatic rings. The molecule has 0 spiro atoms. The van der Waals surface area contributed by atoms with E-state index in [4.69, 9.17) is 4.74 Å². The van der Waals surface area contributed by atoms with Gasteiger partial charge in [0, 0.05) is 38.8 Å². The minimum Gasteiger partial charge on any atom is -0.378 e. The first kappa shape index (κ1) is 11.9. The van der Waals surface area contributed by atoms with Crippen molar-refractivity contribution < 1.29 is 4.74 Å². The molecule has 3 heteroatoms. The van der Waals surface area contributed by atoms with Crippen LogP contribution in [0.25, 0.3) is 0 Å². The van der Waals surface area contributed by atoms with E-state index < -0.39 is 0 Å². The molecule has 2 aliphatic heterocycles. The second kappa shape index (κ2) is 5.25. The Labute approximate surface area is 105 Å². The van der Waals surface area contributed by atoms with Crippen LogP contribution in [0.4, 0.5) is 0 Å². The first-order chi connectivity index (χ1) is 8.36. The summed E-state index contributed by atoms with van der Waals surface area (Å²) in [7, 11) is 0. The summed E-state index contributed by atoms with van der Waals surface area (Å²) in [5, 5.41) is 3.69. The molecule has 2 saturated heterocycles. The quantitative estimate of drug-likeness (QED) is 0.803. The summed E-state index contributed by atoms with van der Waals surface area (Å²) in [5.41, 5.74) is 0. The molecule has 2 heterocycles. The molecule has 1 aliphatic carbocycles. The third-order valence-corrected chi connectivity index (χ3v) is 4.72. The molecular weight excluding hydrogens is 212 g/mol. The predicted octanol–water partition coefficient (Wildman–Crippen LogP) is 1.49. The van der Waals surface area contributed by atoms with Crippen LogP contribution in [0, 0.1) is 11.8 Å². The van der Waals surface area contributed by atoms with Gasteiger partial charge in [0.15, 0.2) is 0 Å². The van der Waals surface area contributed by atoms with Gasteiger partial charge < -0.3 is 15.0 Å². The summed E-state index contributed by atoms with van der Waals surface area (Å²) in [6.45, 7) is 8.21. The van der Waals surface area contributed by atoms with E-state index in [0.29, 0.717) is 6.10 Å². The highest BCUT2D eigenvalue weighted by Gasteiger charge is 2.35. The van der Waals surface area contributed by atoms with Crippen LogP contribution in [0.1, 0.15) is 32.6 Å². The van der Waals surface area contributed by atoms with Gasteiger partial charge in [0.1, 0.15) is 0 Å². The molecule has 0 aromatic carbocycles. The van der Waals surface area contributed by atoms with Gasteiger partial charge in [-0.25, -0.2) is 0 Å². The number of piperazine rings is 1. The summed E-state index contributed by atoms with van der Waals surface area (Å²) >= 11 is 0. The van der Waals surface area contributed by atoms with Crippen LogP contribution in [0.15, 0.2) is 0 Å². The van der Waals surface area contributed by atoms with Gasteiger partial charge in [-0.3, -0.25) is 0 Å². The summed E-state index contributed by atoms with van der Waals surface area (Å²) in [4.78, 5) is 2.68. The first-order valence-electron chi connectivity index (χ1n) is 7.44. The van der Waals surface area contributed by atoms with Gasteiger partial charge in [0.25, 0.3) is 0 Å². The highest BCUT2D eigenvalue weighted by molar-refractivity contribution is 4.92. The second-order valence-electron chi connectivity index (χ2n) is 6.02. The average Bonchev–Trinajstić information content (AvgIpc) is 3.11. The molecule has 3 aliphatic rings. The van der Waals surface area contributed by atoms with Crippen LogP contribution >= 0.6 is 0 Å². The summed E-state index contributed by atoms with van der Waals surface area (Å²) in [6.07, 6.45) is 5.90. The molecule has 0 aromatic heterocycles. The van der Waals surface area contributed by atoms with E-state index in [2.05, 4.69) is 17.1 Å². The van der Waals surface area contributed by atoms with Gasteiger partial charge in [-0.2, -0.15) is 0 Å². The summed E-state index contributed by atoms with van der Waals surface area (Å²) < 4.78 is 5.80. The molecule has 3 nitrogen and oxygen atoms in total. The van der Waals surface area contributed by atoms with Crippen LogP contribution < -0.4 is 5.32 Å². The van der Waals surface area contributed by atoms with Gasteiger partial charge >= 0.3 is 0 Å². The van der Waals surface area contributed by atoms with Gasteiger partial charge in [-0.1, -0.05) is 6.92 Å². The maximum atomic E-state index is 5.80. The average molecular weight is 238 g/mol. The van der Waals surface area contributed by atoms with Gasteiger partial charge in [0.05, 0.1) is 6.10 Å². The number of hydrogen-bond acceptors (Lipinski definition) is 3. The Morgan fingerprint density at radius 3 is 2.94 bits per heavy atom. The van der Waals surface area contributed by atoms with E-state index in [1.54, 1.807) is 0 Å². The van der Waals surface area contributed by atoms with Crippen molar-refractivity contribution in [1.82, 2.24) is 10.2 Å². The van der Waals surface area contributed by atoms with Gasteiger partial charge in [-0.15, -0.1) is 0 Å². The Hall–Kier alpha value is -0.120. The zero-order chi connectivity index (χ0) is 11.7. The molecule has 1 saturated carbocycles. The standard InChI is InChI=1S/C14H26N2O/c1-2-14-12(5-8-17-14)9-16-7-6-15-13(10-16)11-3-4-11/h11-15H,2-10H2,1H3. The fraction of sp³-hybridized carbons (Fsp3) is 1.00. The van der Waals surface area contributed by atoms with Crippen molar-refractivity contribution in [2.75, 3.05) is 32.8 Å². The minimum atomic E-state index is 0.532. The maximum Gasteiger partial charge on any atom is 0.0613 e. The van der Waals surface area contributed by atoms with Crippen molar-refractivity contribution in [3.63, 3.8) is 0 Å². The molecule has 98 valence electrons. The van der Waals surface area contributed by atoms with Gasteiger partial charge in [-0.05, 0) is 37.5 Å². The van der Waals surface area contributed by atoms with E-state index >= 15 is 0 Å². The molecule has 3 atom stereocenters. The van der Waals surface area contributed by atoms with Crippen LogP contribution in [-0.2, 0) is 4.74 Å². The SMILES string of the molecule is CCC1OCCC1CN1CCNC(C2CC2)C1. The summed E-state index contributed by atoms with van der Waals surface area (Å²) in [6, 6.07) is 0.783. The number of nitrogens with zero attached hydrogens (tertiary/aromatic N) is 1. The highest BCUT2D eigenvalue weighted by atomic mass is 16.5. The van der Waals surface area contributed by atoms with E-state index in [1.165, 1.54) is 51.9 Å². The highest BCUT2D eigenvalue weighted by Crippen LogP contribution is 2.34. The zero-order valence-corrected chi connectivity index (χ0v) is 11.0. The largest absolute Gasteiger partial charge is 0.378 e. The molecule has 3 unspecified atom stereocenters. The second-order valence-corrected chi connectivity index (χ2v) is 6.02. The number of hydrogen-bond donors (Lipinski definition) is 1. The van der Waals surface area contributed by atoms with Crippen molar-refractivity contribution in [3.05, 3.63) is 0 Å². The normalized spacial score (nSPS) is 39.7. The lowest BCUT2D eigenvalue weighted by atomic mass is 9.98. The lowest BCUT2D eigenvalue weighted by Gasteiger charge is -2.36. The smallest absolute Gasteiger partial charge is 0.0613 e. The minimum absolute atomic E-state index is 0.532. The molecule has 0 amide bonds. The molecular formula is C14H26N2O. The number of nitrogens with one attached hydrogen (secondary N) is 1. The van der Waals surface area contributed by atoms with Gasteiger partial charge in [0.2, 0.25) is 0 Å². The van der Waals surface area contributed by atoms with E-state index in [9.17, 15) is 0 Å². The fourth-order valence-electron chi connectivity index (χ4n) is 3.51. The van der Waals surface area contributed by atoms with Crippen molar-refractivity contribution in [3.8, 4) is 0 Å². The molecule has 0 radical (unpaired) electrons. The Kier molecular flexibility index (Phi) is 3.69. The number of rotatable bonds is 4. The first-order valence-corrected chi connectivity index (χ1v) is 7.44. The monoisotopic (exact) mass is 238 g/mol. The number of ether oxygens (including phenoxy) is 1. The lowest BCUT2D eigenvalue weighted by Crippen LogP contribution is -2.53. The molecule has 17 heavy (non-hydrogen) atoms. The molecule has 3 fully saturated rings. The van der Waals surface area contributed by atoms with Crippen molar-refractivity contribution in [2.24, 2.45) is 11.8 Å². The molecule has 1 N–H and O–H groups in total. The molecule has 3 rings (SSSR count). The van der Waals surface area contributed by atoms with Crippen LogP contribution in [0.2, 0.25) is 0 Å². The van der Waals surface area contributed by atoms with E-state index in [-0.39, 0.29) is 0 Å². The molecule has 0 bridgehead atoms. The Bertz CT molecular complexity index is 255. The Morgan fingerprint density at radius 2 is 2.18 bits per heavy atom. The third kappa shape index (κ3) is 2.83. The van der Waals surface area contributed by atoms with Crippen molar-refractivity contribution in [1.29, 1.82) is 0 Å². The predicted molar refractivity (Wildman–Crippen MR) is 69.1 cm³/mol. The Balaban J connectivity index is 1.50. The van der Waals surface area contributed by atoms with E-state index in [0.717, 1.165) is 24.5 Å². The fourth-order valence-corrected chi connectivity index (χ4v) is 3.51. The summed E-state index contributed by atoms with van der Waals surface area (Å²) in [5.74, 6) is 1.78. The van der Waals surface area contributed by atoms with Crippen molar-refractivity contribution in [2.45, 2.75) is 44.8 Å². The zero-order valence-electron chi connectivity index (χ0n) is 11.0. The van der Waals surface area contributed by atoms with Crippen LogP contribution in [-0.4, -0.2) is 49.8 Å². The van der Waals surface area contributed by atoms with Crippen LogP contribution in [0.3, 0.4) is 0 Å².